The van der Waals surface area contributed by atoms with Crippen molar-refractivity contribution in [3.63, 3.8) is 0 Å². The molecular weight excluding hydrogens is 202 g/mol. The molecule has 1 aliphatic rings. The Morgan fingerprint density at radius 3 is 2.88 bits per heavy atom. The van der Waals surface area contributed by atoms with Gasteiger partial charge in [0.05, 0.1) is 6.04 Å². The van der Waals surface area contributed by atoms with E-state index in [0.717, 1.165) is 30.6 Å². The van der Waals surface area contributed by atoms with Gasteiger partial charge < -0.3 is 11.5 Å². The summed E-state index contributed by atoms with van der Waals surface area (Å²) in [5.74, 6) is -0.230. The molecule has 4 nitrogen and oxygen atoms in total. The van der Waals surface area contributed by atoms with E-state index in [1.54, 1.807) is 0 Å². The Morgan fingerprint density at radius 1 is 1.44 bits per heavy atom. The smallest absolute Gasteiger partial charge is 0.234 e. The zero-order chi connectivity index (χ0) is 11.5. The average Bonchev–Trinajstić information content (AvgIpc) is 2.69. The maximum absolute atomic E-state index is 11.2. The Labute approximate surface area is 95.2 Å². The van der Waals surface area contributed by atoms with E-state index in [9.17, 15) is 4.79 Å². The van der Waals surface area contributed by atoms with Gasteiger partial charge in [-0.25, -0.2) is 0 Å². The van der Waals surface area contributed by atoms with Gasteiger partial charge in [-0.15, -0.1) is 0 Å². The first kappa shape index (κ1) is 11.0. The van der Waals surface area contributed by atoms with E-state index in [4.69, 9.17) is 11.5 Å². The van der Waals surface area contributed by atoms with Crippen molar-refractivity contribution >= 4 is 11.6 Å². The van der Waals surface area contributed by atoms with Gasteiger partial charge in [0.25, 0.3) is 0 Å². The SMILES string of the molecule is NC(=O)[C@H]1CCCN1Cc1ccccc1N. The number of amides is 1. The van der Waals surface area contributed by atoms with Crippen molar-refractivity contribution in [3.05, 3.63) is 29.8 Å². The first-order chi connectivity index (χ1) is 7.68. The molecule has 1 heterocycles. The summed E-state index contributed by atoms with van der Waals surface area (Å²) in [6.07, 6.45) is 1.89. The predicted molar refractivity (Wildman–Crippen MR) is 63.5 cm³/mol. The van der Waals surface area contributed by atoms with Crippen LogP contribution in [0.5, 0.6) is 0 Å². The van der Waals surface area contributed by atoms with Crippen molar-refractivity contribution in [2.45, 2.75) is 25.4 Å². The summed E-state index contributed by atoms with van der Waals surface area (Å²) in [5, 5.41) is 0. The second-order valence-electron chi connectivity index (χ2n) is 4.23. The second-order valence-corrected chi connectivity index (χ2v) is 4.23. The van der Waals surface area contributed by atoms with Gasteiger partial charge in [-0.05, 0) is 31.0 Å². The van der Waals surface area contributed by atoms with E-state index in [1.165, 1.54) is 0 Å². The number of anilines is 1. The van der Waals surface area contributed by atoms with E-state index in [1.807, 2.05) is 24.3 Å². The number of nitrogens with zero attached hydrogens (tertiary/aromatic N) is 1. The van der Waals surface area contributed by atoms with Crippen LogP contribution in [0.4, 0.5) is 5.69 Å². The summed E-state index contributed by atoms with van der Waals surface area (Å²) < 4.78 is 0. The third kappa shape index (κ3) is 2.17. The highest BCUT2D eigenvalue weighted by atomic mass is 16.1. The molecule has 1 fully saturated rings. The lowest BCUT2D eigenvalue weighted by Gasteiger charge is -2.22. The average molecular weight is 219 g/mol. The molecule has 1 amide bonds. The molecule has 0 bridgehead atoms. The van der Waals surface area contributed by atoms with Crippen molar-refractivity contribution < 1.29 is 4.79 Å². The van der Waals surface area contributed by atoms with Crippen LogP contribution in [-0.4, -0.2) is 23.4 Å². The van der Waals surface area contributed by atoms with Crippen molar-refractivity contribution in [2.75, 3.05) is 12.3 Å². The minimum absolute atomic E-state index is 0.125. The van der Waals surface area contributed by atoms with Crippen LogP contribution in [0.3, 0.4) is 0 Å². The molecule has 1 saturated heterocycles. The van der Waals surface area contributed by atoms with Crippen LogP contribution in [-0.2, 0) is 11.3 Å². The Hall–Kier alpha value is -1.55. The molecule has 16 heavy (non-hydrogen) atoms. The van der Waals surface area contributed by atoms with Crippen molar-refractivity contribution in [3.8, 4) is 0 Å². The molecule has 0 unspecified atom stereocenters. The number of nitrogen functional groups attached to an aromatic ring is 1. The van der Waals surface area contributed by atoms with Crippen LogP contribution in [0.25, 0.3) is 0 Å². The number of para-hydroxylation sites is 1. The first-order valence-electron chi connectivity index (χ1n) is 5.55. The van der Waals surface area contributed by atoms with E-state index >= 15 is 0 Å². The molecule has 0 radical (unpaired) electrons. The molecule has 1 aromatic carbocycles. The maximum Gasteiger partial charge on any atom is 0.234 e. The van der Waals surface area contributed by atoms with Crippen LogP contribution in [0, 0.1) is 0 Å². The van der Waals surface area contributed by atoms with Gasteiger partial charge in [0.1, 0.15) is 0 Å². The molecule has 1 aromatic rings. The fourth-order valence-corrected chi connectivity index (χ4v) is 2.23. The molecule has 0 spiro atoms. The number of carbonyl (C=O) groups excluding carboxylic acids is 1. The van der Waals surface area contributed by atoms with Crippen LogP contribution in [0.2, 0.25) is 0 Å². The Kier molecular flexibility index (Phi) is 3.10. The fourth-order valence-electron chi connectivity index (χ4n) is 2.23. The lowest BCUT2D eigenvalue weighted by atomic mass is 10.1. The zero-order valence-corrected chi connectivity index (χ0v) is 9.23. The van der Waals surface area contributed by atoms with Gasteiger partial charge in [-0.1, -0.05) is 18.2 Å². The summed E-state index contributed by atoms with van der Waals surface area (Å²) in [4.78, 5) is 13.3. The number of hydrogen-bond donors (Lipinski definition) is 2. The lowest BCUT2D eigenvalue weighted by molar-refractivity contribution is -0.122. The number of rotatable bonds is 3. The van der Waals surface area contributed by atoms with E-state index in [2.05, 4.69) is 4.90 Å². The standard InChI is InChI=1S/C12H17N3O/c13-10-5-2-1-4-9(10)8-15-7-3-6-11(15)12(14)16/h1-2,4-5,11H,3,6-8,13H2,(H2,14,16)/t11-/m1/s1. The molecule has 0 aromatic heterocycles. The van der Waals surface area contributed by atoms with Crippen molar-refractivity contribution in [1.82, 2.24) is 4.90 Å². The summed E-state index contributed by atoms with van der Waals surface area (Å²) in [6.45, 7) is 1.63. The number of likely N-dealkylation sites (tertiary alicyclic amines) is 1. The van der Waals surface area contributed by atoms with E-state index in [0.29, 0.717) is 6.54 Å². The topological polar surface area (TPSA) is 72.4 Å². The number of primary amides is 1. The van der Waals surface area contributed by atoms with E-state index < -0.39 is 0 Å². The summed E-state index contributed by atoms with van der Waals surface area (Å²) in [6, 6.07) is 7.62. The van der Waals surface area contributed by atoms with Crippen molar-refractivity contribution in [2.24, 2.45) is 5.73 Å². The number of carbonyl (C=O) groups is 1. The maximum atomic E-state index is 11.2. The quantitative estimate of drug-likeness (QED) is 0.736. The summed E-state index contributed by atoms with van der Waals surface area (Å²) >= 11 is 0. The fraction of sp³-hybridized carbons (Fsp3) is 0.417. The molecule has 4 N–H and O–H groups in total. The molecular formula is C12H17N3O. The predicted octanol–water partition coefficient (Wildman–Crippen LogP) is 0.718. The highest BCUT2D eigenvalue weighted by Gasteiger charge is 2.28. The largest absolute Gasteiger partial charge is 0.398 e. The highest BCUT2D eigenvalue weighted by Crippen LogP contribution is 2.22. The molecule has 4 heteroatoms. The molecule has 86 valence electrons. The summed E-state index contributed by atoms with van der Waals surface area (Å²) in [5.41, 5.74) is 13.1. The van der Waals surface area contributed by atoms with Gasteiger partial charge in [0.2, 0.25) is 5.91 Å². The van der Waals surface area contributed by atoms with E-state index in [-0.39, 0.29) is 11.9 Å². The first-order valence-corrected chi connectivity index (χ1v) is 5.55. The monoisotopic (exact) mass is 219 g/mol. The van der Waals surface area contributed by atoms with Crippen LogP contribution < -0.4 is 11.5 Å². The Morgan fingerprint density at radius 2 is 2.19 bits per heavy atom. The lowest BCUT2D eigenvalue weighted by Crippen LogP contribution is -2.39. The number of nitrogens with two attached hydrogens (primary N) is 2. The molecule has 2 rings (SSSR count). The van der Waals surface area contributed by atoms with Gasteiger partial charge in [-0.3, -0.25) is 9.69 Å². The van der Waals surface area contributed by atoms with Gasteiger partial charge in [0, 0.05) is 12.2 Å². The van der Waals surface area contributed by atoms with Gasteiger partial charge in [0.15, 0.2) is 0 Å². The minimum atomic E-state index is -0.230. The van der Waals surface area contributed by atoms with Gasteiger partial charge in [-0.2, -0.15) is 0 Å². The second kappa shape index (κ2) is 4.53. The Balaban J connectivity index is 2.10. The number of benzene rings is 1. The van der Waals surface area contributed by atoms with Crippen LogP contribution in [0.1, 0.15) is 18.4 Å². The zero-order valence-electron chi connectivity index (χ0n) is 9.23. The Bertz CT molecular complexity index is 392. The molecule has 1 aliphatic heterocycles. The molecule has 1 atom stereocenters. The third-order valence-electron chi connectivity index (χ3n) is 3.12. The third-order valence-corrected chi connectivity index (χ3v) is 3.12. The van der Waals surface area contributed by atoms with Crippen LogP contribution in [0.15, 0.2) is 24.3 Å². The minimum Gasteiger partial charge on any atom is -0.398 e. The van der Waals surface area contributed by atoms with Gasteiger partial charge >= 0.3 is 0 Å². The summed E-state index contributed by atoms with van der Waals surface area (Å²) in [7, 11) is 0. The highest BCUT2D eigenvalue weighted by molar-refractivity contribution is 5.80. The van der Waals surface area contributed by atoms with Crippen molar-refractivity contribution in [1.29, 1.82) is 0 Å². The molecule has 0 saturated carbocycles. The molecule has 0 aliphatic carbocycles. The van der Waals surface area contributed by atoms with Crippen LogP contribution >= 0.6 is 0 Å². The number of hydrogen-bond acceptors (Lipinski definition) is 3. The normalized spacial score (nSPS) is 21.1.